The van der Waals surface area contributed by atoms with E-state index in [1.807, 2.05) is 6.07 Å². The average molecular weight is 378 g/mol. The SMILES string of the molecule is COc1ccc([C@H](C2CCC2)N2CCNCC2)cc1[N+](=O)[O-].Cl.Cl. The molecule has 0 amide bonds. The van der Waals surface area contributed by atoms with Crippen molar-refractivity contribution in [2.24, 2.45) is 5.92 Å². The van der Waals surface area contributed by atoms with Crippen LogP contribution in [0.15, 0.2) is 18.2 Å². The molecule has 1 saturated carbocycles. The number of hydrogen-bond acceptors (Lipinski definition) is 5. The molecule has 24 heavy (non-hydrogen) atoms. The van der Waals surface area contributed by atoms with Crippen molar-refractivity contribution in [1.82, 2.24) is 10.2 Å². The molecule has 8 heteroatoms. The predicted octanol–water partition coefficient (Wildman–Crippen LogP) is 3.19. The molecule has 0 spiro atoms. The van der Waals surface area contributed by atoms with Crippen molar-refractivity contribution in [2.45, 2.75) is 25.3 Å². The van der Waals surface area contributed by atoms with E-state index < -0.39 is 0 Å². The highest BCUT2D eigenvalue weighted by atomic mass is 35.5. The van der Waals surface area contributed by atoms with Gasteiger partial charge in [-0.2, -0.15) is 0 Å². The highest BCUT2D eigenvalue weighted by molar-refractivity contribution is 5.85. The molecular weight excluding hydrogens is 353 g/mol. The molecule has 0 bridgehead atoms. The van der Waals surface area contributed by atoms with Crippen molar-refractivity contribution < 1.29 is 9.66 Å². The number of methoxy groups -OCH3 is 1. The van der Waals surface area contributed by atoms with E-state index in [9.17, 15) is 10.1 Å². The van der Waals surface area contributed by atoms with Gasteiger partial charge in [-0.05, 0) is 30.4 Å². The molecule has 1 saturated heterocycles. The Balaban J connectivity index is 0.00000144. The van der Waals surface area contributed by atoms with Crippen LogP contribution in [-0.4, -0.2) is 43.1 Å². The maximum Gasteiger partial charge on any atom is 0.311 e. The Morgan fingerprint density at radius 3 is 2.46 bits per heavy atom. The van der Waals surface area contributed by atoms with E-state index in [1.54, 1.807) is 12.1 Å². The van der Waals surface area contributed by atoms with E-state index in [4.69, 9.17) is 4.74 Å². The topological polar surface area (TPSA) is 67.6 Å². The summed E-state index contributed by atoms with van der Waals surface area (Å²) < 4.78 is 5.12. The maximum absolute atomic E-state index is 11.3. The molecule has 1 aromatic carbocycles. The Bertz CT molecular complexity index is 549. The number of rotatable bonds is 5. The van der Waals surface area contributed by atoms with Crippen LogP contribution in [0, 0.1) is 16.0 Å². The maximum atomic E-state index is 11.3. The zero-order valence-electron chi connectivity index (χ0n) is 13.8. The van der Waals surface area contributed by atoms with Crippen LogP contribution < -0.4 is 10.1 Å². The van der Waals surface area contributed by atoms with E-state index >= 15 is 0 Å². The molecule has 1 aliphatic carbocycles. The van der Waals surface area contributed by atoms with E-state index in [1.165, 1.54) is 26.4 Å². The molecule has 136 valence electrons. The van der Waals surface area contributed by atoms with E-state index in [0.29, 0.717) is 17.7 Å². The molecule has 0 unspecified atom stereocenters. The minimum atomic E-state index is -0.349. The zero-order valence-corrected chi connectivity index (χ0v) is 15.4. The number of nitro benzene ring substituents is 1. The predicted molar refractivity (Wildman–Crippen MR) is 98.7 cm³/mol. The Hall–Kier alpha value is -1.08. The van der Waals surface area contributed by atoms with Crippen LogP contribution in [0.5, 0.6) is 5.75 Å². The molecule has 0 radical (unpaired) electrons. The normalized spacial score (nSPS) is 19.4. The number of nitro groups is 1. The van der Waals surface area contributed by atoms with Crippen molar-refractivity contribution in [3.8, 4) is 5.75 Å². The van der Waals surface area contributed by atoms with Crippen molar-refractivity contribution in [1.29, 1.82) is 0 Å². The first-order valence-electron chi connectivity index (χ1n) is 7.98. The van der Waals surface area contributed by atoms with E-state index in [0.717, 1.165) is 31.7 Å². The van der Waals surface area contributed by atoms with Gasteiger partial charge in [0.05, 0.1) is 12.0 Å². The molecule has 1 atom stereocenters. The Labute approximate surface area is 154 Å². The van der Waals surface area contributed by atoms with Gasteiger partial charge in [-0.15, -0.1) is 24.8 Å². The fraction of sp³-hybridized carbons (Fsp3) is 0.625. The monoisotopic (exact) mass is 377 g/mol. The first-order chi connectivity index (χ1) is 10.7. The average Bonchev–Trinajstić information content (AvgIpc) is 2.51. The van der Waals surface area contributed by atoms with Gasteiger partial charge in [0.2, 0.25) is 0 Å². The minimum Gasteiger partial charge on any atom is -0.490 e. The van der Waals surface area contributed by atoms with E-state index in [-0.39, 0.29) is 35.4 Å². The lowest BCUT2D eigenvalue weighted by atomic mass is 9.76. The number of halogens is 2. The number of piperazine rings is 1. The number of nitrogens with one attached hydrogen (secondary N) is 1. The second-order valence-electron chi connectivity index (χ2n) is 6.11. The fourth-order valence-corrected chi connectivity index (χ4v) is 3.53. The number of ether oxygens (including phenoxy) is 1. The number of benzene rings is 1. The molecule has 1 heterocycles. The van der Waals surface area contributed by atoms with Gasteiger partial charge in [-0.1, -0.05) is 12.5 Å². The van der Waals surface area contributed by atoms with Crippen LogP contribution in [-0.2, 0) is 0 Å². The van der Waals surface area contributed by atoms with Gasteiger partial charge in [0.1, 0.15) is 0 Å². The molecule has 1 aliphatic heterocycles. The lowest BCUT2D eigenvalue weighted by Gasteiger charge is -2.43. The van der Waals surface area contributed by atoms with Crippen molar-refractivity contribution >= 4 is 30.5 Å². The number of hydrogen-bond donors (Lipinski definition) is 1. The smallest absolute Gasteiger partial charge is 0.311 e. The van der Waals surface area contributed by atoms with Crippen molar-refractivity contribution in [3.05, 3.63) is 33.9 Å². The second kappa shape index (κ2) is 9.42. The van der Waals surface area contributed by atoms with Crippen LogP contribution in [0.2, 0.25) is 0 Å². The molecule has 2 fully saturated rings. The molecule has 3 rings (SSSR count). The quantitative estimate of drug-likeness (QED) is 0.630. The van der Waals surface area contributed by atoms with Gasteiger partial charge >= 0.3 is 5.69 Å². The second-order valence-corrected chi connectivity index (χ2v) is 6.11. The highest BCUT2D eigenvalue weighted by Crippen LogP contribution is 2.43. The first-order valence-corrected chi connectivity index (χ1v) is 7.98. The van der Waals surface area contributed by atoms with Gasteiger partial charge in [0.25, 0.3) is 0 Å². The Kier molecular flexibility index (Phi) is 8.22. The molecule has 6 nitrogen and oxygen atoms in total. The number of nitrogens with zero attached hydrogens (tertiary/aromatic N) is 2. The summed E-state index contributed by atoms with van der Waals surface area (Å²) >= 11 is 0. The largest absolute Gasteiger partial charge is 0.490 e. The first kappa shape index (κ1) is 21.0. The lowest BCUT2D eigenvalue weighted by molar-refractivity contribution is -0.385. The Morgan fingerprint density at radius 2 is 1.96 bits per heavy atom. The van der Waals surface area contributed by atoms with Crippen LogP contribution in [0.4, 0.5) is 5.69 Å². The summed E-state index contributed by atoms with van der Waals surface area (Å²) in [6.45, 7) is 3.98. The van der Waals surface area contributed by atoms with Crippen LogP contribution in [0.25, 0.3) is 0 Å². The molecular formula is C16H25Cl2N3O3. The van der Waals surface area contributed by atoms with Crippen LogP contribution in [0.1, 0.15) is 30.9 Å². The summed E-state index contributed by atoms with van der Waals surface area (Å²) in [6, 6.07) is 5.74. The van der Waals surface area contributed by atoms with Crippen molar-refractivity contribution in [2.75, 3.05) is 33.3 Å². The summed E-state index contributed by atoms with van der Waals surface area (Å²) in [7, 11) is 1.47. The van der Waals surface area contributed by atoms with Gasteiger partial charge < -0.3 is 10.1 Å². The van der Waals surface area contributed by atoms with Gasteiger partial charge in [0.15, 0.2) is 5.75 Å². The summed E-state index contributed by atoms with van der Waals surface area (Å²) in [5.74, 6) is 0.951. The molecule has 2 aliphatic rings. The summed E-state index contributed by atoms with van der Waals surface area (Å²) in [5.41, 5.74) is 1.12. The summed E-state index contributed by atoms with van der Waals surface area (Å²) in [6.07, 6.45) is 3.70. The molecule has 1 aromatic rings. The van der Waals surface area contributed by atoms with Crippen LogP contribution in [0.3, 0.4) is 0 Å². The van der Waals surface area contributed by atoms with Crippen LogP contribution >= 0.6 is 24.8 Å². The minimum absolute atomic E-state index is 0. The van der Waals surface area contributed by atoms with Crippen molar-refractivity contribution in [3.63, 3.8) is 0 Å². The standard InChI is InChI=1S/C16H23N3O3.2ClH/c1-22-15-6-5-13(11-14(15)19(20)21)16(12-3-2-4-12)18-9-7-17-8-10-18;;/h5-6,11-12,16-17H,2-4,7-10H2,1H3;2*1H/t16-;;/m0../s1. The molecule has 1 N–H and O–H groups in total. The highest BCUT2D eigenvalue weighted by Gasteiger charge is 2.34. The zero-order chi connectivity index (χ0) is 15.5. The third-order valence-electron chi connectivity index (χ3n) is 4.88. The Morgan fingerprint density at radius 1 is 1.29 bits per heavy atom. The third-order valence-corrected chi connectivity index (χ3v) is 4.88. The molecule has 0 aromatic heterocycles. The van der Waals surface area contributed by atoms with Gasteiger partial charge in [-0.25, -0.2) is 0 Å². The fourth-order valence-electron chi connectivity index (χ4n) is 3.53. The summed E-state index contributed by atoms with van der Waals surface area (Å²) in [4.78, 5) is 13.4. The summed E-state index contributed by atoms with van der Waals surface area (Å²) in [5, 5.41) is 14.7. The third kappa shape index (κ3) is 4.30. The lowest BCUT2D eigenvalue weighted by Crippen LogP contribution is -2.47. The van der Waals surface area contributed by atoms with Gasteiger partial charge in [0, 0.05) is 38.3 Å². The van der Waals surface area contributed by atoms with E-state index in [2.05, 4.69) is 10.2 Å². The van der Waals surface area contributed by atoms with Gasteiger partial charge in [-0.3, -0.25) is 15.0 Å².